The molecule has 3 amide bonds. The van der Waals surface area contributed by atoms with Crippen molar-refractivity contribution in [2.45, 2.75) is 46.8 Å². The molecule has 4 rings (SSSR count). The molecular formula is C21H23N5O3. The minimum atomic E-state index is -0.533. The minimum Gasteiger partial charge on any atom is -0.361 e. The number of urea groups is 1. The van der Waals surface area contributed by atoms with Crippen LogP contribution in [0.5, 0.6) is 0 Å². The Labute approximate surface area is 168 Å². The molecule has 0 saturated carbocycles. The number of hydrogen-bond donors (Lipinski definition) is 0. The summed E-state index contributed by atoms with van der Waals surface area (Å²) in [6.45, 7) is 8.32. The largest absolute Gasteiger partial charge is 0.361 e. The molecule has 8 nitrogen and oxygen atoms in total. The Morgan fingerprint density at radius 2 is 1.93 bits per heavy atom. The topological polar surface area (TPSA) is 84.5 Å². The van der Waals surface area contributed by atoms with Gasteiger partial charge >= 0.3 is 6.03 Å². The van der Waals surface area contributed by atoms with Crippen molar-refractivity contribution in [1.82, 2.24) is 19.8 Å². The van der Waals surface area contributed by atoms with E-state index in [4.69, 9.17) is 4.52 Å². The van der Waals surface area contributed by atoms with Gasteiger partial charge in [-0.15, -0.1) is 0 Å². The zero-order chi connectivity index (χ0) is 20.7. The van der Waals surface area contributed by atoms with Gasteiger partial charge in [-0.25, -0.2) is 9.69 Å². The van der Waals surface area contributed by atoms with Crippen LogP contribution in [0.25, 0.3) is 0 Å². The SMILES string of the molecule is Cc1cccc(CN2C(=O)N(c3cnn(Cc4c(C)noc4C)c3)C(=O)[C@H]2C)c1. The Bertz CT molecular complexity index is 1060. The standard InChI is InChI=1S/C21H23N5O3/c1-13-6-5-7-17(8-13)10-25-15(3)20(27)26(21(25)28)18-9-22-24(11-18)12-19-14(2)23-29-16(19)4/h5-9,11,15H,10,12H2,1-4H3/t15-/m1/s1. The maximum absolute atomic E-state index is 13.0. The van der Waals surface area contributed by atoms with Gasteiger partial charge in [0.15, 0.2) is 0 Å². The summed E-state index contributed by atoms with van der Waals surface area (Å²) in [5.41, 5.74) is 4.31. The van der Waals surface area contributed by atoms with E-state index in [1.54, 1.807) is 22.7 Å². The van der Waals surface area contributed by atoms with Gasteiger partial charge in [0, 0.05) is 18.3 Å². The highest BCUT2D eigenvalue weighted by Gasteiger charge is 2.43. The molecule has 2 aromatic heterocycles. The predicted molar refractivity (Wildman–Crippen MR) is 106 cm³/mol. The number of carbonyl (C=O) groups excluding carboxylic acids is 2. The highest BCUT2D eigenvalue weighted by atomic mass is 16.5. The van der Waals surface area contributed by atoms with Crippen LogP contribution in [0.4, 0.5) is 10.5 Å². The molecule has 1 fully saturated rings. The molecule has 0 N–H and O–H groups in total. The van der Waals surface area contributed by atoms with E-state index in [-0.39, 0.29) is 11.9 Å². The Hall–Kier alpha value is -3.42. The van der Waals surface area contributed by atoms with Gasteiger partial charge in [-0.1, -0.05) is 35.0 Å². The summed E-state index contributed by atoms with van der Waals surface area (Å²) in [4.78, 5) is 28.6. The van der Waals surface area contributed by atoms with Gasteiger partial charge in [-0.2, -0.15) is 5.10 Å². The van der Waals surface area contributed by atoms with Gasteiger partial charge in [-0.05, 0) is 33.3 Å². The molecule has 29 heavy (non-hydrogen) atoms. The van der Waals surface area contributed by atoms with Crippen molar-refractivity contribution in [3.63, 3.8) is 0 Å². The highest BCUT2D eigenvalue weighted by Crippen LogP contribution is 2.27. The van der Waals surface area contributed by atoms with Crippen molar-refractivity contribution in [3.8, 4) is 0 Å². The average molecular weight is 393 g/mol. The fraction of sp³-hybridized carbons (Fsp3) is 0.333. The Morgan fingerprint density at radius 1 is 1.14 bits per heavy atom. The smallest absolute Gasteiger partial charge is 0.332 e. The second-order valence-electron chi connectivity index (χ2n) is 7.45. The van der Waals surface area contributed by atoms with E-state index in [1.165, 1.54) is 11.1 Å². The van der Waals surface area contributed by atoms with Gasteiger partial charge in [0.05, 0.1) is 24.1 Å². The van der Waals surface area contributed by atoms with Crippen molar-refractivity contribution in [3.05, 3.63) is 64.8 Å². The van der Waals surface area contributed by atoms with Crippen LogP contribution < -0.4 is 4.90 Å². The lowest BCUT2D eigenvalue weighted by atomic mass is 10.1. The summed E-state index contributed by atoms with van der Waals surface area (Å²) in [7, 11) is 0. The fourth-order valence-electron chi connectivity index (χ4n) is 3.60. The third-order valence-corrected chi connectivity index (χ3v) is 5.30. The van der Waals surface area contributed by atoms with Crippen LogP contribution in [0.3, 0.4) is 0 Å². The number of imide groups is 1. The van der Waals surface area contributed by atoms with Crippen molar-refractivity contribution < 1.29 is 14.1 Å². The molecule has 1 aliphatic rings. The van der Waals surface area contributed by atoms with E-state index in [1.807, 2.05) is 45.0 Å². The molecule has 3 heterocycles. The summed E-state index contributed by atoms with van der Waals surface area (Å²) in [6, 6.07) is 7.07. The van der Waals surface area contributed by atoms with Crippen molar-refractivity contribution in [1.29, 1.82) is 0 Å². The number of benzene rings is 1. The second kappa shape index (κ2) is 7.20. The molecule has 8 heteroatoms. The first-order valence-corrected chi connectivity index (χ1v) is 9.49. The molecular weight excluding hydrogens is 370 g/mol. The second-order valence-corrected chi connectivity index (χ2v) is 7.45. The van der Waals surface area contributed by atoms with Crippen molar-refractivity contribution >= 4 is 17.6 Å². The van der Waals surface area contributed by atoms with Crippen LogP contribution in [-0.2, 0) is 17.9 Å². The molecule has 0 unspecified atom stereocenters. The first kappa shape index (κ1) is 18.9. The predicted octanol–water partition coefficient (Wildman–Crippen LogP) is 3.20. The Balaban J connectivity index is 1.55. The monoisotopic (exact) mass is 393 g/mol. The lowest BCUT2D eigenvalue weighted by Crippen LogP contribution is -2.33. The van der Waals surface area contributed by atoms with Crippen LogP contribution in [0.1, 0.15) is 35.1 Å². The van der Waals surface area contributed by atoms with Crippen LogP contribution in [0.2, 0.25) is 0 Å². The molecule has 1 aromatic carbocycles. The zero-order valence-electron chi connectivity index (χ0n) is 16.9. The van der Waals surface area contributed by atoms with Crippen LogP contribution >= 0.6 is 0 Å². The van der Waals surface area contributed by atoms with Crippen molar-refractivity contribution in [2.75, 3.05) is 4.90 Å². The van der Waals surface area contributed by atoms with E-state index in [0.29, 0.717) is 18.8 Å². The molecule has 150 valence electrons. The average Bonchev–Trinajstić information content (AvgIpc) is 3.32. The molecule has 0 radical (unpaired) electrons. The van der Waals surface area contributed by atoms with Crippen LogP contribution in [0.15, 0.2) is 41.2 Å². The molecule has 0 aliphatic carbocycles. The first-order valence-electron chi connectivity index (χ1n) is 9.49. The zero-order valence-corrected chi connectivity index (χ0v) is 16.9. The molecule has 0 bridgehead atoms. The summed E-state index contributed by atoms with van der Waals surface area (Å²) in [5, 5.41) is 8.26. The third-order valence-electron chi connectivity index (χ3n) is 5.30. The summed E-state index contributed by atoms with van der Waals surface area (Å²) in [6.07, 6.45) is 3.24. The summed E-state index contributed by atoms with van der Waals surface area (Å²) in [5.74, 6) is 0.477. The number of carbonyl (C=O) groups is 2. The fourth-order valence-corrected chi connectivity index (χ4v) is 3.60. The van der Waals surface area contributed by atoms with E-state index in [2.05, 4.69) is 10.3 Å². The molecule has 1 atom stereocenters. The number of anilines is 1. The maximum atomic E-state index is 13.0. The van der Waals surface area contributed by atoms with Crippen molar-refractivity contribution in [2.24, 2.45) is 0 Å². The van der Waals surface area contributed by atoms with Gasteiger partial charge in [0.25, 0.3) is 5.91 Å². The Morgan fingerprint density at radius 3 is 2.62 bits per heavy atom. The first-order chi connectivity index (χ1) is 13.8. The lowest BCUT2D eigenvalue weighted by Gasteiger charge is -2.19. The minimum absolute atomic E-state index is 0.250. The number of aromatic nitrogens is 3. The summed E-state index contributed by atoms with van der Waals surface area (Å²) < 4.78 is 6.86. The Kier molecular flexibility index (Phi) is 4.70. The van der Waals surface area contributed by atoms with E-state index in [9.17, 15) is 9.59 Å². The normalized spacial score (nSPS) is 16.9. The number of nitrogens with zero attached hydrogens (tertiary/aromatic N) is 5. The van der Waals surface area contributed by atoms with Crippen LogP contribution in [-0.4, -0.2) is 37.8 Å². The molecule has 3 aromatic rings. The number of hydrogen-bond acceptors (Lipinski definition) is 5. The summed E-state index contributed by atoms with van der Waals surface area (Å²) >= 11 is 0. The number of aryl methyl sites for hydroxylation is 3. The molecule has 1 saturated heterocycles. The lowest BCUT2D eigenvalue weighted by molar-refractivity contribution is -0.119. The quantitative estimate of drug-likeness (QED) is 0.622. The van der Waals surface area contributed by atoms with E-state index in [0.717, 1.165) is 28.1 Å². The molecule has 1 aliphatic heterocycles. The molecule has 0 spiro atoms. The van der Waals surface area contributed by atoms with Crippen LogP contribution in [0, 0.1) is 20.8 Å². The van der Waals surface area contributed by atoms with E-state index < -0.39 is 6.04 Å². The van der Waals surface area contributed by atoms with Gasteiger partial charge < -0.3 is 9.42 Å². The van der Waals surface area contributed by atoms with Gasteiger partial charge in [0.1, 0.15) is 11.8 Å². The van der Waals surface area contributed by atoms with Gasteiger partial charge in [0.2, 0.25) is 0 Å². The van der Waals surface area contributed by atoms with E-state index >= 15 is 0 Å². The number of rotatable bonds is 5. The number of amides is 3. The third kappa shape index (κ3) is 3.41. The van der Waals surface area contributed by atoms with Gasteiger partial charge in [-0.3, -0.25) is 9.48 Å². The maximum Gasteiger partial charge on any atom is 0.332 e. The highest BCUT2D eigenvalue weighted by molar-refractivity contribution is 6.21.